The van der Waals surface area contributed by atoms with Crippen molar-refractivity contribution in [3.8, 4) is 0 Å². The lowest BCUT2D eigenvalue weighted by molar-refractivity contribution is 0.662. The van der Waals surface area contributed by atoms with E-state index in [0.717, 1.165) is 28.3 Å². The normalized spacial score (nSPS) is 10.8. The highest BCUT2D eigenvalue weighted by atomic mass is 35.5. The fourth-order valence-electron chi connectivity index (χ4n) is 1.56. The fraction of sp³-hybridized carbons (Fsp3) is 0.333. The van der Waals surface area contributed by atoms with Gasteiger partial charge in [-0.1, -0.05) is 35.5 Å². The fourth-order valence-corrected chi connectivity index (χ4v) is 2.69. The SMILES string of the molecule is CCn1c(C)nnc1SCc1ccc(Cl)cc1. The van der Waals surface area contributed by atoms with Gasteiger partial charge >= 0.3 is 0 Å². The van der Waals surface area contributed by atoms with Crippen molar-refractivity contribution in [3.05, 3.63) is 40.7 Å². The van der Waals surface area contributed by atoms with Gasteiger partial charge in [-0.25, -0.2) is 0 Å². The zero-order valence-corrected chi connectivity index (χ0v) is 11.4. The summed E-state index contributed by atoms with van der Waals surface area (Å²) in [5.41, 5.74) is 1.24. The maximum atomic E-state index is 5.85. The van der Waals surface area contributed by atoms with E-state index in [4.69, 9.17) is 11.6 Å². The minimum Gasteiger partial charge on any atom is -0.307 e. The number of benzene rings is 1. The van der Waals surface area contributed by atoms with Crippen LogP contribution in [0.15, 0.2) is 29.4 Å². The Morgan fingerprint density at radius 3 is 2.59 bits per heavy atom. The van der Waals surface area contributed by atoms with Crippen LogP contribution in [0.4, 0.5) is 0 Å². The van der Waals surface area contributed by atoms with Crippen molar-refractivity contribution in [1.29, 1.82) is 0 Å². The van der Waals surface area contributed by atoms with E-state index in [1.54, 1.807) is 11.8 Å². The van der Waals surface area contributed by atoms with Gasteiger partial charge in [-0.05, 0) is 31.5 Å². The second kappa shape index (κ2) is 5.56. The molecule has 17 heavy (non-hydrogen) atoms. The lowest BCUT2D eigenvalue weighted by atomic mass is 10.2. The van der Waals surface area contributed by atoms with Gasteiger partial charge < -0.3 is 4.57 Å². The zero-order chi connectivity index (χ0) is 12.3. The van der Waals surface area contributed by atoms with Crippen LogP contribution >= 0.6 is 23.4 Å². The molecule has 0 aliphatic rings. The number of rotatable bonds is 4. The Hall–Kier alpha value is -1.00. The summed E-state index contributed by atoms with van der Waals surface area (Å²) in [4.78, 5) is 0. The molecule has 0 fully saturated rings. The highest BCUT2D eigenvalue weighted by Crippen LogP contribution is 2.22. The van der Waals surface area contributed by atoms with Crippen molar-refractivity contribution in [2.75, 3.05) is 0 Å². The molecule has 90 valence electrons. The predicted octanol–water partition coefficient (Wildman–Crippen LogP) is 3.55. The number of nitrogens with zero attached hydrogens (tertiary/aromatic N) is 3. The molecule has 2 rings (SSSR count). The molecule has 1 aromatic carbocycles. The van der Waals surface area contributed by atoms with Crippen LogP contribution in [-0.2, 0) is 12.3 Å². The number of aromatic nitrogens is 3. The minimum atomic E-state index is 0.770. The van der Waals surface area contributed by atoms with Crippen molar-refractivity contribution in [1.82, 2.24) is 14.8 Å². The summed E-state index contributed by atoms with van der Waals surface area (Å²) in [5.74, 6) is 1.85. The van der Waals surface area contributed by atoms with Gasteiger partial charge in [-0.2, -0.15) is 0 Å². The Kier molecular flexibility index (Phi) is 4.07. The molecule has 0 saturated heterocycles. The van der Waals surface area contributed by atoms with Crippen LogP contribution in [0.5, 0.6) is 0 Å². The van der Waals surface area contributed by atoms with E-state index in [9.17, 15) is 0 Å². The molecular weight excluding hydrogens is 254 g/mol. The van der Waals surface area contributed by atoms with E-state index in [0.29, 0.717) is 0 Å². The zero-order valence-electron chi connectivity index (χ0n) is 9.85. The number of hydrogen-bond acceptors (Lipinski definition) is 3. The van der Waals surface area contributed by atoms with Gasteiger partial charge in [0.15, 0.2) is 5.16 Å². The second-order valence-corrected chi connectivity index (χ2v) is 5.07. The van der Waals surface area contributed by atoms with Gasteiger partial charge in [0.05, 0.1) is 0 Å². The molecule has 0 radical (unpaired) electrons. The first kappa shape index (κ1) is 12.5. The Morgan fingerprint density at radius 1 is 1.24 bits per heavy atom. The third kappa shape index (κ3) is 3.01. The van der Waals surface area contributed by atoms with E-state index < -0.39 is 0 Å². The molecular formula is C12H14ClN3S. The summed E-state index contributed by atoms with van der Waals surface area (Å²) in [6, 6.07) is 7.89. The van der Waals surface area contributed by atoms with Crippen LogP contribution in [0.25, 0.3) is 0 Å². The van der Waals surface area contributed by atoms with Crippen molar-refractivity contribution >= 4 is 23.4 Å². The molecule has 1 aromatic heterocycles. The topological polar surface area (TPSA) is 30.7 Å². The number of hydrogen-bond donors (Lipinski definition) is 0. The molecule has 0 amide bonds. The molecule has 3 nitrogen and oxygen atoms in total. The van der Waals surface area contributed by atoms with Crippen LogP contribution in [0.1, 0.15) is 18.3 Å². The third-order valence-electron chi connectivity index (χ3n) is 2.50. The molecule has 0 aliphatic heterocycles. The first-order valence-corrected chi connectivity index (χ1v) is 6.84. The standard InChI is InChI=1S/C12H14ClN3S/c1-3-16-9(2)14-15-12(16)17-8-10-4-6-11(13)7-5-10/h4-7H,3,8H2,1-2H3. The summed E-state index contributed by atoms with van der Waals surface area (Å²) in [6.07, 6.45) is 0. The van der Waals surface area contributed by atoms with E-state index >= 15 is 0 Å². The van der Waals surface area contributed by atoms with Crippen LogP contribution in [0.3, 0.4) is 0 Å². The molecule has 5 heteroatoms. The quantitative estimate of drug-likeness (QED) is 0.794. The number of aryl methyl sites for hydroxylation is 1. The van der Waals surface area contributed by atoms with E-state index in [1.165, 1.54) is 5.56 Å². The summed E-state index contributed by atoms with van der Waals surface area (Å²) in [6.45, 7) is 4.98. The van der Waals surface area contributed by atoms with Crippen molar-refractivity contribution < 1.29 is 0 Å². The van der Waals surface area contributed by atoms with Crippen LogP contribution < -0.4 is 0 Å². The largest absolute Gasteiger partial charge is 0.307 e. The maximum Gasteiger partial charge on any atom is 0.191 e. The third-order valence-corrected chi connectivity index (χ3v) is 3.79. The molecule has 1 heterocycles. The molecule has 0 bridgehead atoms. The highest BCUT2D eigenvalue weighted by molar-refractivity contribution is 7.98. The number of thioether (sulfide) groups is 1. The molecule has 0 N–H and O–H groups in total. The van der Waals surface area contributed by atoms with E-state index in [1.807, 2.05) is 31.2 Å². The summed E-state index contributed by atoms with van der Waals surface area (Å²) >= 11 is 7.54. The van der Waals surface area contributed by atoms with Crippen molar-refractivity contribution in [2.24, 2.45) is 0 Å². The maximum absolute atomic E-state index is 5.85. The predicted molar refractivity (Wildman–Crippen MR) is 71.4 cm³/mol. The second-order valence-electron chi connectivity index (χ2n) is 3.69. The molecule has 2 aromatic rings. The average Bonchev–Trinajstić information content (AvgIpc) is 2.69. The lowest BCUT2D eigenvalue weighted by Crippen LogP contribution is -1.99. The molecule has 0 atom stereocenters. The Balaban J connectivity index is 2.04. The summed E-state index contributed by atoms with van der Waals surface area (Å²) in [5, 5.41) is 10.00. The van der Waals surface area contributed by atoms with Gasteiger partial charge in [0, 0.05) is 17.3 Å². The van der Waals surface area contributed by atoms with Gasteiger partial charge in [0.1, 0.15) is 5.82 Å². The minimum absolute atomic E-state index is 0.770. The van der Waals surface area contributed by atoms with Crippen LogP contribution in [0, 0.1) is 6.92 Å². The summed E-state index contributed by atoms with van der Waals surface area (Å²) < 4.78 is 2.11. The van der Waals surface area contributed by atoms with Gasteiger partial charge in [-0.15, -0.1) is 10.2 Å². The van der Waals surface area contributed by atoms with Gasteiger partial charge in [0.2, 0.25) is 0 Å². The molecule has 0 saturated carbocycles. The molecule has 0 unspecified atom stereocenters. The average molecular weight is 268 g/mol. The summed E-state index contributed by atoms with van der Waals surface area (Å²) in [7, 11) is 0. The van der Waals surface area contributed by atoms with Crippen LogP contribution in [0.2, 0.25) is 5.02 Å². The van der Waals surface area contributed by atoms with Gasteiger partial charge in [-0.3, -0.25) is 0 Å². The molecule has 0 aliphatic carbocycles. The first-order valence-electron chi connectivity index (χ1n) is 5.47. The monoisotopic (exact) mass is 267 g/mol. The Labute approximate surface area is 110 Å². The number of halogens is 1. The van der Waals surface area contributed by atoms with E-state index in [-0.39, 0.29) is 0 Å². The van der Waals surface area contributed by atoms with Crippen molar-refractivity contribution in [3.63, 3.8) is 0 Å². The Morgan fingerprint density at radius 2 is 1.94 bits per heavy atom. The highest BCUT2D eigenvalue weighted by Gasteiger charge is 2.07. The first-order chi connectivity index (χ1) is 8.20. The van der Waals surface area contributed by atoms with E-state index in [2.05, 4.69) is 21.7 Å². The van der Waals surface area contributed by atoms with Crippen molar-refractivity contribution in [2.45, 2.75) is 31.3 Å². The molecule has 0 spiro atoms. The lowest BCUT2D eigenvalue weighted by Gasteiger charge is -2.04. The van der Waals surface area contributed by atoms with Gasteiger partial charge in [0.25, 0.3) is 0 Å². The van der Waals surface area contributed by atoms with Crippen LogP contribution in [-0.4, -0.2) is 14.8 Å². The smallest absolute Gasteiger partial charge is 0.191 e. The Bertz CT molecular complexity index is 493.